The molecule has 0 aliphatic carbocycles. The highest BCUT2D eigenvalue weighted by Gasteiger charge is 2.18. The second-order valence-corrected chi connectivity index (χ2v) is 9.49. The molecule has 6 rings (SSSR count). The molecule has 0 saturated heterocycles. The van der Waals surface area contributed by atoms with Gasteiger partial charge in [-0.05, 0) is 52.8 Å². The largest absolute Gasteiger partial charge is 0.206 e. The van der Waals surface area contributed by atoms with Crippen LogP contribution in [0.3, 0.4) is 0 Å². The smallest absolute Gasteiger partial charge is 0.131 e. The summed E-state index contributed by atoms with van der Waals surface area (Å²) >= 11 is 1.18. The molecule has 0 bridgehead atoms. The number of halogens is 2. The van der Waals surface area contributed by atoms with Crippen molar-refractivity contribution >= 4 is 21.7 Å². The van der Waals surface area contributed by atoms with Crippen molar-refractivity contribution in [2.75, 3.05) is 0 Å². The van der Waals surface area contributed by atoms with Crippen LogP contribution in [0.15, 0.2) is 103 Å². The Morgan fingerprint density at radius 1 is 0.556 bits per heavy atom. The van der Waals surface area contributed by atoms with Crippen LogP contribution in [0, 0.1) is 18.6 Å². The van der Waals surface area contributed by atoms with Gasteiger partial charge in [0, 0.05) is 22.3 Å². The van der Waals surface area contributed by atoms with E-state index >= 15 is 8.78 Å². The van der Waals surface area contributed by atoms with Gasteiger partial charge >= 0.3 is 0 Å². The molecule has 0 aliphatic heterocycles. The molecule has 2 nitrogen and oxygen atoms in total. The third kappa shape index (κ3) is 3.97. The molecule has 0 fully saturated rings. The van der Waals surface area contributed by atoms with Crippen LogP contribution in [0.25, 0.3) is 54.7 Å². The third-order valence-corrected chi connectivity index (χ3v) is 7.17. The number of rotatable bonds is 4. The first-order valence-electron chi connectivity index (χ1n) is 11.6. The van der Waals surface area contributed by atoms with Gasteiger partial charge < -0.3 is 0 Å². The van der Waals surface area contributed by atoms with Crippen molar-refractivity contribution in [2.24, 2.45) is 0 Å². The van der Waals surface area contributed by atoms with Crippen LogP contribution in [0.2, 0.25) is 0 Å². The number of hydrogen-bond acceptors (Lipinski definition) is 3. The number of aromatic nitrogens is 2. The Bertz CT molecular complexity index is 1710. The Morgan fingerprint density at radius 2 is 1.08 bits per heavy atom. The predicted octanol–water partition coefficient (Wildman–Crippen LogP) is 8.95. The fourth-order valence-electron chi connectivity index (χ4n) is 4.50. The van der Waals surface area contributed by atoms with Gasteiger partial charge in [-0.2, -0.15) is 0 Å². The van der Waals surface area contributed by atoms with E-state index < -0.39 is 0 Å². The molecule has 36 heavy (non-hydrogen) atoms. The summed E-state index contributed by atoms with van der Waals surface area (Å²) in [6, 6.07) is 31.8. The van der Waals surface area contributed by atoms with Crippen molar-refractivity contribution in [1.29, 1.82) is 0 Å². The Labute approximate surface area is 211 Å². The van der Waals surface area contributed by atoms with Crippen molar-refractivity contribution in [2.45, 2.75) is 6.92 Å². The summed E-state index contributed by atoms with van der Waals surface area (Å²) in [4.78, 5) is 0. The van der Waals surface area contributed by atoms with Gasteiger partial charge in [0.2, 0.25) is 0 Å². The summed E-state index contributed by atoms with van der Waals surface area (Å²) < 4.78 is 35.4. The average molecular weight is 491 g/mol. The third-order valence-electron chi connectivity index (χ3n) is 6.41. The van der Waals surface area contributed by atoms with E-state index in [0.29, 0.717) is 27.8 Å². The lowest BCUT2D eigenvalue weighted by molar-refractivity contribution is 0.631. The summed E-state index contributed by atoms with van der Waals surface area (Å²) in [6.07, 6.45) is 0. The zero-order valence-corrected chi connectivity index (χ0v) is 20.2. The zero-order chi connectivity index (χ0) is 24.6. The van der Waals surface area contributed by atoms with E-state index in [4.69, 9.17) is 0 Å². The number of aryl methyl sites for hydroxylation is 1. The maximum atomic E-state index is 15.3. The highest BCUT2D eigenvalue weighted by atomic mass is 32.1. The molecule has 0 atom stereocenters. The molecule has 0 aliphatic rings. The summed E-state index contributed by atoms with van der Waals surface area (Å²) in [5, 5.41) is 4.29. The lowest BCUT2D eigenvalue weighted by Gasteiger charge is -2.11. The predicted molar refractivity (Wildman–Crippen MR) is 144 cm³/mol. The molecule has 174 valence electrons. The zero-order valence-electron chi connectivity index (χ0n) is 19.4. The SMILES string of the molecule is Cc1ccc(-c2ccc(-c3ccc(-c4ccc(-c5ccccc5)cc4F)c4nnsc34)c(F)c2)cc1. The monoisotopic (exact) mass is 490 g/mol. The van der Waals surface area contributed by atoms with Gasteiger partial charge in [-0.15, -0.1) is 5.10 Å². The number of fused-ring (bicyclic) bond motifs is 1. The van der Waals surface area contributed by atoms with E-state index in [0.717, 1.165) is 32.5 Å². The van der Waals surface area contributed by atoms with Crippen LogP contribution in [-0.4, -0.2) is 9.59 Å². The van der Waals surface area contributed by atoms with Gasteiger partial charge in [0.1, 0.15) is 17.2 Å². The van der Waals surface area contributed by atoms with Crippen molar-refractivity contribution < 1.29 is 8.78 Å². The summed E-state index contributed by atoms with van der Waals surface area (Å²) in [5.41, 5.74) is 7.47. The fourth-order valence-corrected chi connectivity index (χ4v) is 5.21. The summed E-state index contributed by atoms with van der Waals surface area (Å²) in [7, 11) is 0. The molecule has 5 heteroatoms. The Kier molecular flexibility index (Phi) is 5.62. The van der Waals surface area contributed by atoms with Gasteiger partial charge in [-0.3, -0.25) is 0 Å². The highest BCUT2D eigenvalue weighted by Crippen LogP contribution is 2.39. The lowest BCUT2D eigenvalue weighted by Crippen LogP contribution is -1.91. The molecule has 0 spiro atoms. The Balaban J connectivity index is 1.41. The average Bonchev–Trinajstić information content (AvgIpc) is 3.40. The standard InChI is InChI=1S/C31H20F2N2S/c1-19-7-9-21(10-8-19)23-12-14-25(29(33)18-23)27-16-15-26(30-31(27)36-35-34-30)24-13-11-22(17-28(24)32)20-5-3-2-4-6-20/h2-18H,1H3. The minimum Gasteiger partial charge on any atom is -0.206 e. The van der Waals surface area contributed by atoms with Crippen LogP contribution < -0.4 is 0 Å². The first-order valence-corrected chi connectivity index (χ1v) is 12.3. The van der Waals surface area contributed by atoms with Crippen LogP contribution in [0.5, 0.6) is 0 Å². The first kappa shape index (κ1) is 22.3. The molecule has 6 aromatic rings. The molecule has 5 aromatic carbocycles. The second-order valence-electron chi connectivity index (χ2n) is 8.73. The van der Waals surface area contributed by atoms with Gasteiger partial charge in [0.05, 0.1) is 4.70 Å². The van der Waals surface area contributed by atoms with Crippen molar-refractivity contribution in [3.63, 3.8) is 0 Å². The summed E-state index contributed by atoms with van der Waals surface area (Å²) in [5.74, 6) is -0.666. The topological polar surface area (TPSA) is 25.8 Å². The molecule has 0 radical (unpaired) electrons. The fraction of sp³-hybridized carbons (Fsp3) is 0.0323. The van der Waals surface area contributed by atoms with E-state index in [2.05, 4.69) is 9.59 Å². The molecular weight excluding hydrogens is 470 g/mol. The molecule has 1 aromatic heterocycles. The van der Waals surface area contributed by atoms with E-state index in [-0.39, 0.29) is 11.6 Å². The normalized spacial score (nSPS) is 11.2. The van der Waals surface area contributed by atoms with E-state index in [9.17, 15) is 0 Å². The second kappa shape index (κ2) is 9.10. The minimum atomic E-state index is -0.341. The quantitative estimate of drug-likeness (QED) is 0.246. The van der Waals surface area contributed by atoms with Crippen LogP contribution in [-0.2, 0) is 0 Å². The van der Waals surface area contributed by atoms with Gasteiger partial charge in [0.25, 0.3) is 0 Å². The molecule has 1 heterocycles. The minimum absolute atomic E-state index is 0.325. The first-order chi connectivity index (χ1) is 17.6. The summed E-state index contributed by atoms with van der Waals surface area (Å²) in [6.45, 7) is 2.02. The van der Waals surface area contributed by atoms with Crippen molar-refractivity contribution in [1.82, 2.24) is 9.59 Å². The molecule has 0 saturated carbocycles. The van der Waals surface area contributed by atoms with Gasteiger partial charge in [-0.25, -0.2) is 8.78 Å². The molecule has 0 amide bonds. The number of benzene rings is 5. The van der Waals surface area contributed by atoms with Crippen LogP contribution in [0.4, 0.5) is 8.78 Å². The maximum Gasteiger partial charge on any atom is 0.131 e. The van der Waals surface area contributed by atoms with Crippen molar-refractivity contribution in [3.8, 4) is 44.5 Å². The Hall–Kier alpha value is -4.22. The maximum absolute atomic E-state index is 15.3. The van der Waals surface area contributed by atoms with Gasteiger partial charge in [0.15, 0.2) is 0 Å². The Morgan fingerprint density at radius 3 is 1.72 bits per heavy atom. The molecular formula is C31H20F2N2S. The van der Waals surface area contributed by atoms with E-state index in [1.165, 1.54) is 17.6 Å². The number of nitrogens with zero attached hydrogens (tertiary/aromatic N) is 2. The molecule has 0 unspecified atom stereocenters. The lowest BCUT2D eigenvalue weighted by atomic mass is 9.95. The van der Waals surface area contributed by atoms with Crippen LogP contribution >= 0.6 is 11.5 Å². The highest BCUT2D eigenvalue weighted by molar-refractivity contribution is 7.13. The molecule has 0 N–H and O–H groups in total. The van der Waals surface area contributed by atoms with E-state index in [1.54, 1.807) is 24.3 Å². The van der Waals surface area contributed by atoms with Crippen LogP contribution in [0.1, 0.15) is 5.56 Å². The number of hydrogen-bond donors (Lipinski definition) is 0. The van der Waals surface area contributed by atoms with Gasteiger partial charge in [-0.1, -0.05) is 101 Å². The van der Waals surface area contributed by atoms with Crippen molar-refractivity contribution in [3.05, 3.63) is 120 Å². The van der Waals surface area contributed by atoms with E-state index in [1.807, 2.05) is 79.7 Å².